The lowest BCUT2D eigenvalue weighted by molar-refractivity contribution is 0.110. The van der Waals surface area contributed by atoms with E-state index in [4.69, 9.17) is 14.2 Å². The Morgan fingerprint density at radius 1 is 1.12 bits per heavy atom. The number of piperazine rings is 1. The van der Waals surface area contributed by atoms with E-state index in [9.17, 15) is 14.4 Å². The van der Waals surface area contributed by atoms with Crippen molar-refractivity contribution in [3.63, 3.8) is 0 Å². The van der Waals surface area contributed by atoms with Crippen LogP contribution in [0.1, 0.15) is 48.9 Å². The molecule has 2 saturated heterocycles. The number of aryl methyl sites for hydroxylation is 1. The van der Waals surface area contributed by atoms with E-state index in [0.717, 1.165) is 5.56 Å². The number of hydrogen-bond donors (Lipinski definition) is 1. The van der Waals surface area contributed by atoms with Gasteiger partial charge in [-0.25, -0.2) is 9.37 Å². The fourth-order valence-electron chi connectivity index (χ4n) is 5.62. The molecule has 206 valence electrons. The number of aromatic nitrogens is 4. The van der Waals surface area contributed by atoms with Crippen LogP contribution in [0.25, 0.3) is 11.0 Å². The number of nitriles is 1. The van der Waals surface area contributed by atoms with Crippen LogP contribution in [0.3, 0.4) is 0 Å². The molecule has 0 aliphatic carbocycles. The maximum absolute atomic E-state index is 13.9. The molecule has 11 nitrogen and oxygen atoms in total. The Labute approximate surface area is 229 Å². The fraction of sp³-hybridized carbons (Fsp3) is 0.393. The highest BCUT2D eigenvalue weighted by atomic mass is 19.1. The van der Waals surface area contributed by atoms with Gasteiger partial charge in [0.1, 0.15) is 29.1 Å². The zero-order valence-corrected chi connectivity index (χ0v) is 22.4. The van der Waals surface area contributed by atoms with Gasteiger partial charge >= 0.3 is 0 Å². The SMILES string of the molecule is C[C@@H]1CN(c2cc(=O)n(C)c3ccc(C#N)nc23)[C@@H](C)CN1C(c1ccc(F)cc1)c1nc(C2COCN2)no1. The number of anilines is 1. The third-order valence-electron chi connectivity index (χ3n) is 7.76. The molecular formula is C28H29FN8O3. The topological polar surface area (TPSA) is 125 Å². The minimum absolute atomic E-state index is 0.0344. The van der Waals surface area contributed by atoms with Crippen LogP contribution >= 0.6 is 0 Å². The van der Waals surface area contributed by atoms with E-state index in [0.29, 0.717) is 54.9 Å². The molecular weight excluding hydrogens is 515 g/mol. The number of halogens is 1. The van der Waals surface area contributed by atoms with Crippen molar-refractivity contribution in [2.24, 2.45) is 7.05 Å². The van der Waals surface area contributed by atoms with Gasteiger partial charge in [-0.1, -0.05) is 17.3 Å². The molecule has 6 rings (SSSR count). The Balaban J connectivity index is 1.37. The van der Waals surface area contributed by atoms with Gasteiger partial charge in [-0.3, -0.25) is 15.0 Å². The maximum Gasteiger partial charge on any atom is 0.252 e. The van der Waals surface area contributed by atoms with E-state index in [1.807, 2.05) is 0 Å². The minimum atomic E-state index is -0.410. The Hall–Kier alpha value is -4.18. The first kappa shape index (κ1) is 26.1. The van der Waals surface area contributed by atoms with Crippen molar-refractivity contribution in [1.82, 2.24) is 29.9 Å². The summed E-state index contributed by atoms with van der Waals surface area (Å²) in [5, 5.41) is 16.9. The summed E-state index contributed by atoms with van der Waals surface area (Å²) in [6, 6.07) is 12.8. The van der Waals surface area contributed by atoms with Crippen molar-refractivity contribution < 1.29 is 13.7 Å². The van der Waals surface area contributed by atoms with Crippen LogP contribution in [0, 0.1) is 17.1 Å². The lowest BCUT2D eigenvalue weighted by Gasteiger charge is -2.47. The first-order chi connectivity index (χ1) is 19.3. The monoisotopic (exact) mass is 544 g/mol. The first-order valence-electron chi connectivity index (χ1n) is 13.2. The number of pyridine rings is 2. The summed E-state index contributed by atoms with van der Waals surface area (Å²) in [4.78, 5) is 26.6. The van der Waals surface area contributed by atoms with Gasteiger partial charge in [0.15, 0.2) is 5.82 Å². The van der Waals surface area contributed by atoms with Crippen LogP contribution in [-0.2, 0) is 11.8 Å². The van der Waals surface area contributed by atoms with Crippen molar-refractivity contribution >= 4 is 16.7 Å². The van der Waals surface area contributed by atoms with Crippen LogP contribution in [0.15, 0.2) is 51.8 Å². The van der Waals surface area contributed by atoms with E-state index in [1.165, 1.54) is 12.1 Å². The summed E-state index contributed by atoms with van der Waals surface area (Å²) in [5.74, 6) is 0.612. The molecule has 4 aromatic rings. The number of ether oxygens (including phenoxy) is 1. The summed E-state index contributed by atoms with van der Waals surface area (Å²) < 4.78 is 26.6. The molecule has 1 N–H and O–H groups in total. The summed E-state index contributed by atoms with van der Waals surface area (Å²) in [6.07, 6.45) is 0. The molecule has 0 bridgehead atoms. The molecule has 2 aliphatic heterocycles. The molecule has 3 aromatic heterocycles. The third kappa shape index (κ3) is 4.62. The van der Waals surface area contributed by atoms with Gasteiger partial charge in [0, 0.05) is 38.3 Å². The molecule has 2 fully saturated rings. The lowest BCUT2D eigenvalue weighted by atomic mass is 9.98. The molecule has 0 radical (unpaired) electrons. The largest absolute Gasteiger partial charge is 0.364 e. The standard InChI is InChI=1S/C28H29FN8O3/c1-16-13-37(17(2)12-36(16)23-10-24(38)35(3)22-9-8-20(11-30)32-25(22)23)26(18-4-6-19(29)7-5-18)28-33-27(34-40-28)21-14-39-15-31-21/h4-10,16-17,21,26,31H,12-15H2,1-3H3/t16-,17+,21?,26?/m0/s1. The van der Waals surface area contributed by atoms with Gasteiger partial charge in [-0.05, 0) is 43.7 Å². The fourth-order valence-corrected chi connectivity index (χ4v) is 5.62. The molecule has 4 atom stereocenters. The van der Waals surface area contributed by atoms with Crippen molar-refractivity contribution in [3.8, 4) is 6.07 Å². The molecule has 0 spiro atoms. The number of nitrogens with zero attached hydrogens (tertiary/aromatic N) is 7. The molecule has 0 amide bonds. The smallest absolute Gasteiger partial charge is 0.252 e. The van der Waals surface area contributed by atoms with Gasteiger partial charge < -0.3 is 18.7 Å². The zero-order chi connectivity index (χ0) is 28.0. The van der Waals surface area contributed by atoms with Gasteiger partial charge in [-0.15, -0.1) is 0 Å². The van der Waals surface area contributed by atoms with E-state index >= 15 is 0 Å². The lowest BCUT2D eigenvalue weighted by Crippen LogP contribution is -2.57. The number of fused-ring (bicyclic) bond motifs is 1. The summed E-state index contributed by atoms with van der Waals surface area (Å²) in [6.45, 7) is 6.21. The number of hydrogen-bond acceptors (Lipinski definition) is 10. The average molecular weight is 545 g/mol. The quantitative estimate of drug-likeness (QED) is 0.401. The van der Waals surface area contributed by atoms with Crippen molar-refractivity contribution in [2.75, 3.05) is 31.3 Å². The molecule has 1 aromatic carbocycles. The predicted octanol–water partition coefficient (Wildman–Crippen LogP) is 2.63. The molecule has 0 saturated carbocycles. The van der Waals surface area contributed by atoms with E-state index in [-0.39, 0.29) is 35.2 Å². The second kappa shape index (κ2) is 10.4. The van der Waals surface area contributed by atoms with E-state index in [2.05, 4.69) is 45.2 Å². The molecule has 2 unspecified atom stereocenters. The molecule has 40 heavy (non-hydrogen) atoms. The highest BCUT2D eigenvalue weighted by Gasteiger charge is 2.39. The zero-order valence-electron chi connectivity index (χ0n) is 22.4. The number of rotatable bonds is 5. The van der Waals surface area contributed by atoms with E-state index < -0.39 is 6.04 Å². The Morgan fingerprint density at radius 2 is 1.93 bits per heavy atom. The van der Waals surface area contributed by atoms with Gasteiger partial charge in [0.2, 0.25) is 5.89 Å². The van der Waals surface area contributed by atoms with Crippen LogP contribution in [0.4, 0.5) is 10.1 Å². The highest BCUT2D eigenvalue weighted by molar-refractivity contribution is 5.89. The highest BCUT2D eigenvalue weighted by Crippen LogP contribution is 2.36. The van der Waals surface area contributed by atoms with Crippen molar-refractivity contribution in [2.45, 2.75) is 38.0 Å². The second-order valence-corrected chi connectivity index (χ2v) is 10.4. The Morgan fingerprint density at radius 3 is 2.65 bits per heavy atom. The summed E-state index contributed by atoms with van der Waals surface area (Å²) >= 11 is 0. The minimum Gasteiger partial charge on any atom is -0.364 e. The van der Waals surface area contributed by atoms with Gasteiger partial charge in [-0.2, -0.15) is 10.2 Å². The predicted molar refractivity (Wildman–Crippen MR) is 144 cm³/mol. The molecule has 5 heterocycles. The Kier molecular flexibility index (Phi) is 6.79. The molecule has 2 aliphatic rings. The van der Waals surface area contributed by atoms with Crippen molar-refractivity contribution in [1.29, 1.82) is 5.26 Å². The number of nitrogens with one attached hydrogen (secondary N) is 1. The molecule has 12 heteroatoms. The first-order valence-corrected chi connectivity index (χ1v) is 13.2. The second-order valence-electron chi connectivity index (χ2n) is 10.4. The summed E-state index contributed by atoms with van der Waals surface area (Å²) in [5.41, 5.74) is 2.94. The third-order valence-corrected chi connectivity index (χ3v) is 7.76. The summed E-state index contributed by atoms with van der Waals surface area (Å²) in [7, 11) is 1.70. The van der Waals surface area contributed by atoms with E-state index in [1.54, 1.807) is 41.9 Å². The Bertz CT molecular complexity index is 1640. The van der Waals surface area contributed by atoms with Crippen molar-refractivity contribution in [3.05, 3.63) is 81.6 Å². The van der Waals surface area contributed by atoms with Crippen LogP contribution in [0.5, 0.6) is 0 Å². The van der Waals surface area contributed by atoms with Crippen LogP contribution in [-0.4, -0.2) is 63.1 Å². The van der Waals surface area contributed by atoms with Crippen LogP contribution in [0.2, 0.25) is 0 Å². The average Bonchev–Trinajstić information content (AvgIpc) is 3.66. The van der Waals surface area contributed by atoms with Crippen LogP contribution < -0.4 is 15.8 Å². The van der Waals surface area contributed by atoms with Gasteiger partial charge in [0.25, 0.3) is 5.56 Å². The number of benzene rings is 1. The normalized spacial score (nSPS) is 22.5. The van der Waals surface area contributed by atoms with Gasteiger partial charge in [0.05, 0.1) is 30.6 Å². The maximum atomic E-state index is 13.9.